The highest BCUT2D eigenvalue weighted by Gasteiger charge is 2.33. The summed E-state index contributed by atoms with van der Waals surface area (Å²) in [4.78, 5) is 1.77. The number of aliphatic hydroxyl groups is 2. The van der Waals surface area contributed by atoms with Crippen LogP contribution in [0.5, 0.6) is 0 Å². The largest absolute Gasteiger partial charge is 0.395 e. The summed E-state index contributed by atoms with van der Waals surface area (Å²) >= 11 is 0. The van der Waals surface area contributed by atoms with Crippen LogP contribution in [0.15, 0.2) is 18.2 Å². The zero-order chi connectivity index (χ0) is 12.4. The Morgan fingerprint density at radius 3 is 2.82 bits per heavy atom. The summed E-state index contributed by atoms with van der Waals surface area (Å²) in [5.74, 6) is -0.972. The lowest BCUT2D eigenvalue weighted by Gasteiger charge is -2.23. The number of hydrogen-bond acceptors (Lipinski definition) is 3. The average molecular weight is 243 g/mol. The fourth-order valence-electron chi connectivity index (χ4n) is 2.35. The monoisotopic (exact) mass is 243 g/mol. The van der Waals surface area contributed by atoms with Gasteiger partial charge in [0.05, 0.1) is 12.7 Å². The molecule has 1 fully saturated rings. The Morgan fingerprint density at radius 2 is 2.12 bits per heavy atom. The van der Waals surface area contributed by atoms with Gasteiger partial charge in [-0.05, 0) is 24.6 Å². The van der Waals surface area contributed by atoms with E-state index in [4.69, 9.17) is 5.11 Å². The lowest BCUT2D eigenvalue weighted by atomic mass is 10.0. The van der Waals surface area contributed by atoms with Gasteiger partial charge in [0.15, 0.2) is 0 Å². The molecule has 0 radical (unpaired) electrons. The van der Waals surface area contributed by atoms with Gasteiger partial charge in [-0.2, -0.15) is 0 Å². The second-order valence-corrected chi connectivity index (χ2v) is 4.29. The van der Waals surface area contributed by atoms with Gasteiger partial charge in [0.1, 0.15) is 11.6 Å². The second-order valence-electron chi connectivity index (χ2n) is 4.29. The molecule has 2 rings (SSSR count). The minimum Gasteiger partial charge on any atom is -0.395 e. The van der Waals surface area contributed by atoms with Crippen molar-refractivity contribution in [3.05, 3.63) is 35.4 Å². The van der Waals surface area contributed by atoms with Crippen LogP contribution in [0.1, 0.15) is 18.0 Å². The lowest BCUT2D eigenvalue weighted by Crippen LogP contribution is -2.28. The van der Waals surface area contributed by atoms with Gasteiger partial charge in [0.2, 0.25) is 0 Å². The number of rotatable bonds is 3. The van der Waals surface area contributed by atoms with Crippen molar-refractivity contribution in [2.75, 3.05) is 19.7 Å². The zero-order valence-corrected chi connectivity index (χ0v) is 9.31. The maximum Gasteiger partial charge on any atom is 0.128 e. The summed E-state index contributed by atoms with van der Waals surface area (Å²) in [6, 6.07) is 2.95. The first-order chi connectivity index (χ1) is 8.11. The number of benzene rings is 1. The van der Waals surface area contributed by atoms with Gasteiger partial charge in [0.25, 0.3) is 0 Å². The molecule has 1 aromatic carbocycles. The molecule has 0 aliphatic carbocycles. The van der Waals surface area contributed by atoms with Crippen molar-refractivity contribution in [2.24, 2.45) is 0 Å². The predicted molar refractivity (Wildman–Crippen MR) is 58.4 cm³/mol. The van der Waals surface area contributed by atoms with Gasteiger partial charge >= 0.3 is 0 Å². The topological polar surface area (TPSA) is 43.7 Å². The third kappa shape index (κ3) is 2.62. The number of hydrogen-bond donors (Lipinski definition) is 2. The van der Waals surface area contributed by atoms with Crippen LogP contribution < -0.4 is 0 Å². The van der Waals surface area contributed by atoms with E-state index in [0.29, 0.717) is 19.5 Å². The summed E-state index contributed by atoms with van der Waals surface area (Å²) in [5.41, 5.74) is 0.245. The highest BCUT2D eigenvalue weighted by Crippen LogP contribution is 2.33. The number of β-amino-alcohol motifs (C(OH)–C–C–N with tert-alkyl or cyclic N) is 2. The normalized spacial score (nSPS) is 25.4. The van der Waals surface area contributed by atoms with Crippen molar-refractivity contribution in [3.63, 3.8) is 0 Å². The van der Waals surface area contributed by atoms with E-state index in [0.717, 1.165) is 18.2 Å². The van der Waals surface area contributed by atoms with E-state index in [2.05, 4.69) is 0 Å². The highest BCUT2D eigenvalue weighted by atomic mass is 19.1. The Labute approximate surface area is 98.3 Å². The molecule has 0 saturated carbocycles. The molecule has 1 aliphatic rings. The maximum absolute atomic E-state index is 13.6. The average Bonchev–Trinajstić information content (AvgIpc) is 2.64. The number of likely N-dealkylation sites (tertiary alicyclic amines) is 1. The molecule has 1 heterocycles. The minimum absolute atomic E-state index is 0.0693. The van der Waals surface area contributed by atoms with Crippen LogP contribution in [0, 0.1) is 11.6 Å². The Hall–Kier alpha value is -1.04. The van der Waals surface area contributed by atoms with Gasteiger partial charge in [-0.15, -0.1) is 0 Å². The molecular formula is C12H15F2NO2. The summed E-state index contributed by atoms with van der Waals surface area (Å²) < 4.78 is 26.7. The Bertz CT molecular complexity index is 400. The fourth-order valence-corrected chi connectivity index (χ4v) is 2.35. The van der Waals surface area contributed by atoms with E-state index >= 15 is 0 Å². The van der Waals surface area contributed by atoms with E-state index in [9.17, 15) is 13.9 Å². The smallest absolute Gasteiger partial charge is 0.128 e. The molecule has 1 aromatic rings. The molecule has 0 spiro atoms. The van der Waals surface area contributed by atoms with E-state index in [1.807, 2.05) is 0 Å². The number of nitrogens with zero attached hydrogens (tertiary/aromatic N) is 1. The molecule has 17 heavy (non-hydrogen) atoms. The maximum atomic E-state index is 13.6. The van der Waals surface area contributed by atoms with Gasteiger partial charge < -0.3 is 10.2 Å². The van der Waals surface area contributed by atoms with Gasteiger partial charge in [0, 0.05) is 24.7 Å². The van der Waals surface area contributed by atoms with Crippen molar-refractivity contribution < 1.29 is 19.0 Å². The van der Waals surface area contributed by atoms with E-state index in [-0.39, 0.29) is 18.2 Å². The van der Waals surface area contributed by atoms with E-state index in [1.165, 1.54) is 0 Å². The van der Waals surface area contributed by atoms with Crippen LogP contribution in [0.4, 0.5) is 8.78 Å². The molecule has 0 unspecified atom stereocenters. The first-order valence-corrected chi connectivity index (χ1v) is 5.59. The van der Waals surface area contributed by atoms with Gasteiger partial charge in [-0.3, -0.25) is 4.90 Å². The van der Waals surface area contributed by atoms with E-state index in [1.54, 1.807) is 4.90 Å². The quantitative estimate of drug-likeness (QED) is 0.834. The van der Waals surface area contributed by atoms with Gasteiger partial charge in [-0.25, -0.2) is 8.78 Å². The molecule has 1 aliphatic heterocycles. The molecule has 0 bridgehead atoms. The number of aliphatic hydroxyl groups excluding tert-OH is 2. The molecule has 2 N–H and O–H groups in total. The van der Waals surface area contributed by atoms with Crippen molar-refractivity contribution >= 4 is 0 Å². The molecule has 0 aromatic heterocycles. The van der Waals surface area contributed by atoms with Crippen LogP contribution in [0.3, 0.4) is 0 Å². The minimum atomic E-state index is -0.561. The Balaban J connectivity index is 2.27. The number of halogens is 2. The standard InChI is InChI=1S/C12H15F2NO2/c13-8-1-2-11(14)10(5-8)12-6-9(17)7-15(12)3-4-16/h1-2,5,9,12,16-17H,3-4,6-7H2/t9-,12+/m1/s1. The molecule has 5 heteroatoms. The van der Waals surface area contributed by atoms with Crippen molar-refractivity contribution in [2.45, 2.75) is 18.6 Å². The van der Waals surface area contributed by atoms with Crippen LogP contribution in [0.2, 0.25) is 0 Å². The predicted octanol–water partition coefficient (Wildman–Crippen LogP) is 1.06. The Morgan fingerprint density at radius 1 is 1.35 bits per heavy atom. The first kappa shape index (κ1) is 12.4. The summed E-state index contributed by atoms with van der Waals surface area (Å²) in [6.45, 7) is 0.652. The molecule has 94 valence electrons. The van der Waals surface area contributed by atoms with Gasteiger partial charge in [-0.1, -0.05) is 0 Å². The molecule has 2 atom stereocenters. The molecule has 1 saturated heterocycles. The SMILES string of the molecule is OCCN1C[C@H](O)C[C@H]1c1cc(F)ccc1F. The second kappa shape index (κ2) is 5.08. The summed E-state index contributed by atoms with van der Waals surface area (Å²) in [7, 11) is 0. The third-order valence-corrected chi connectivity index (χ3v) is 3.09. The molecular weight excluding hydrogens is 228 g/mol. The summed E-state index contributed by atoms with van der Waals surface area (Å²) in [5, 5.41) is 18.5. The Kier molecular flexibility index (Phi) is 3.71. The highest BCUT2D eigenvalue weighted by molar-refractivity contribution is 5.23. The molecule has 0 amide bonds. The van der Waals surface area contributed by atoms with Crippen LogP contribution in [0.25, 0.3) is 0 Å². The first-order valence-electron chi connectivity index (χ1n) is 5.59. The van der Waals surface area contributed by atoms with Crippen LogP contribution in [-0.2, 0) is 0 Å². The fraction of sp³-hybridized carbons (Fsp3) is 0.500. The van der Waals surface area contributed by atoms with Crippen molar-refractivity contribution in [3.8, 4) is 0 Å². The van der Waals surface area contributed by atoms with Crippen molar-refractivity contribution in [1.82, 2.24) is 4.90 Å². The lowest BCUT2D eigenvalue weighted by molar-refractivity contribution is 0.156. The third-order valence-electron chi connectivity index (χ3n) is 3.09. The molecule has 3 nitrogen and oxygen atoms in total. The summed E-state index contributed by atoms with van der Waals surface area (Å²) in [6.07, 6.45) is -0.199. The van der Waals surface area contributed by atoms with Crippen molar-refractivity contribution in [1.29, 1.82) is 0 Å². The van der Waals surface area contributed by atoms with E-state index < -0.39 is 17.7 Å². The zero-order valence-electron chi connectivity index (χ0n) is 9.31. The van der Waals surface area contributed by atoms with Crippen LogP contribution in [-0.4, -0.2) is 40.9 Å². The van der Waals surface area contributed by atoms with Crippen LogP contribution >= 0.6 is 0 Å².